The number of nitrogens with one attached hydrogen (secondary N) is 1. The van der Waals surface area contributed by atoms with Crippen molar-refractivity contribution >= 4 is 5.97 Å². The van der Waals surface area contributed by atoms with Crippen molar-refractivity contribution in [2.75, 3.05) is 13.2 Å². The van der Waals surface area contributed by atoms with Crippen LogP contribution in [-0.2, 0) is 9.53 Å². The zero-order chi connectivity index (χ0) is 9.26. The highest BCUT2D eigenvalue weighted by Crippen LogP contribution is 2.25. The number of carboxylic acids is 1. The zero-order valence-corrected chi connectivity index (χ0v) is 7.53. The van der Waals surface area contributed by atoms with Gasteiger partial charge in [0.1, 0.15) is 6.04 Å². The van der Waals surface area contributed by atoms with Crippen LogP contribution in [0.5, 0.6) is 0 Å². The largest absolute Gasteiger partial charge is 0.480 e. The van der Waals surface area contributed by atoms with Gasteiger partial charge in [-0.15, -0.1) is 0 Å². The van der Waals surface area contributed by atoms with Crippen molar-refractivity contribution < 1.29 is 14.6 Å². The Balaban J connectivity index is 1.86. The standard InChI is InChI=1S/C9H15NO3/c11-9(12)8-2-1-7(10-8)6-3-4-13-5-6/h6-8,10H,1-5H2,(H,11,12). The van der Waals surface area contributed by atoms with Crippen LogP contribution in [0.1, 0.15) is 19.3 Å². The Kier molecular flexibility index (Phi) is 2.51. The third kappa shape index (κ3) is 1.84. The lowest BCUT2D eigenvalue weighted by Gasteiger charge is -2.17. The molecule has 0 bridgehead atoms. The van der Waals surface area contributed by atoms with Gasteiger partial charge < -0.3 is 15.2 Å². The molecule has 0 amide bonds. The van der Waals surface area contributed by atoms with Crippen LogP contribution in [0.3, 0.4) is 0 Å². The highest BCUT2D eigenvalue weighted by Gasteiger charge is 2.34. The van der Waals surface area contributed by atoms with E-state index in [1.807, 2.05) is 0 Å². The number of hydrogen-bond acceptors (Lipinski definition) is 3. The molecule has 0 aromatic carbocycles. The van der Waals surface area contributed by atoms with Gasteiger partial charge in [0, 0.05) is 12.6 Å². The molecule has 0 aromatic rings. The minimum atomic E-state index is -0.721. The number of hydrogen-bond donors (Lipinski definition) is 2. The van der Waals surface area contributed by atoms with Crippen LogP contribution in [0.25, 0.3) is 0 Å². The molecule has 0 radical (unpaired) electrons. The van der Waals surface area contributed by atoms with E-state index in [1.165, 1.54) is 0 Å². The molecule has 2 saturated heterocycles. The van der Waals surface area contributed by atoms with Gasteiger partial charge in [-0.1, -0.05) is 0 Å². The van der Waals surface area contributed by atoms with Crippen molar-refractivity contribution in [3.63, 3.8) is 0 Å². The van der Waals surface area contributed by atoms with E-state index in [1.54, 1.807) is 0 Å². The van der Waals surface area contributed by atoms with Crippen LogP contribution in [0.2, 0.25) is 0 Å². The van der Waals surface area contributed by atoms with E-state index in [0.29, 0.717) is 12.0 Å². The molecule has 0 aromatic heterocycles. The van der Waals surface area contributed by atoms with Crippen LogP contribution in [0, 0.1) is 5.92 Å². The predicted molar refractivity (Wildman–Crippen MR) is 46.5 cm³/mol. The first-order valence-electron chi connectivity index (χ1n) is 4.84. The summed E-state index contributed by atoms with van der Waals surface area (Å²) < 4.78 is 5.28. The van der Waals surface area contributed by atoms with Gasteiger partial charge in [-0.05, 0) is 25.2 Å². The summed E-state index contributed by atoms with van der Waals surface area (Å²) in [6.45, 7) is 1.63. The predicted octanol–water partition coefficient (Wildman–Crippen LogP) is 0.228. The fraction of sp³-hybridized carbons (Fsp3) is 0.889. The van der Waals surface area contributed by atoms with E-state index < -0.39 is 5.97 Å². The number of rotatable bonds is 2. The molecule has 0 spiro atoms. The van der Waals surface area contributed by atoms with Gasteiger partial charge in [-0.25, -0.2) is 0 Å². The topological polar surface area (TPSA) is 58.6 Å². The molecule has 3 unspecified atom stereocenters. The van der Waals surface area contributed by atoms with Crippen LogP contribution in [0.15, 0.2) is 0 Å². The van der Waals surface area contributed by atoms with Crippen molar-refractivity contribution in [2.45, 2.75) is 31.3 Å². The molecular weight excluding hydrogens is 170 g/mol. The van der Waals surface area contributed by atoms with Crippen LogP contribution in [0.4, 0.5) is 0 Å². The van der Waals surface area contributed by atoms with Gasteiger partial charge in [-0.2, -0.15) is 0 Å². The van der Waals surface area contributed by atoms with E-state index in [0.717, 1.165) is 32.5 Å². The monoisotopic (exact) mass is 185 g/mol. The molecule has 2 rings (SSSR count). The molecule has 4 nitrogen and oxygen atoms in total. The summed E-state index contributed by atoms with van der Waals surface area (Å²) in [5, 5.41) is 11.9. The summed E-state index contributed by atoms with van der Waals surface area (Å²) in [5.41, 5.74) is 0. The first-order chi connectivity index (χ1) is 6.27. The molecule has 0 aliphatic carbocycles. The van der Waals surface area contributed by atoms with Crippen LogP contribution in [-0.4, -0.2) is 36.4 Å². The van der Waals surface area contributed by atoms with Crippen LogP contribution >= 0.6 is 0 Å². The lowest BCUT2D eigenvalue weighted by atomic mass is 9.98. The average Bonchev–Trinajstić information content (AvgIpc) is 2.75. The smallest absolute Gasteiger partial charge is 0.320 e. The Bertz CT molecular complexity index is 201. The summed E-state index contributed by atoms with van der Waals surface area (Å²) in [6.07, 6.45) is 2.81. The first-order valence-corrected chi connectivity index (χ1v) is 4.84. The second kappa shape index (κ2) is 3.64. The molecule has 0 saturated carbocycles. The highest BCUT2D eigenvalue weighted by molar-refractivity contribution is 5.73. The zero-order valence-electron chi connectivity index (χ0n) is 7.53. The molecule has 74 valence electrons. The lowest BCUT2D eigenvalue weighted by Crippen LogP contribution is -2.39. The number of carbonyl (C=O) groups is 1. The van der Waals surface area contributed by atoms with E-state index in [2.05, 4.69) is 5.32 Å². The molecule has 13 heavy (non-hydrogen) atoms. The summed E-state index contributed by atoms with van der Waals surface area (Å²) >= 11 is 0. The number of ether oxygens (including phenoxy) is 1. The fourth-order valence-electron chi connectivity index (χ4n) is 2.21. The third-order valence-electron chi connectivity index (χ3n) is 3.01. The Morgan fingerprint density at radius 2 is 2.23 bits per heavy atom. The van der Waals surface area contributed by atoms with Crippen molar-refractivity contribution in [1.82, 2.24) is 5.32 Å². The maximum Gasteiger partial charge on any atom is 0.320 e. The molecular formula is C9H15NO3. The van der Waals surface area contributed by atoms with Gasteiger partial charge >= 0.3 is 5.97 Å². The van der Waals surface area contributed by atoms with Gasteiger partial charge in [0.05, 0.1) is 6.61 Å². The average molecular weight is 185 g/mol. The second-order valence-corrected chi connectivity index (χ2v) is 3.87. The van der Waals surface area contributed by atoms with Gasteiger partial charge in [0.25, 0.3) is 0 Å². The lowest BCUT2D eigenvalue weighted by molar-refractivity contribution is -0.139. The molecule has 2 aliphatic heterocycles. The molecule has 2 N–H and O–H groups in total. The summed E-state index contributed by atoms with van der Waals surface area (Å²) in [4.78, 5) is 10.7. The molecule has 4 heteroatoms. The van der Waals surface area contributed by atoms with Crippen molar-refractivity contribution in [3.8, 4) is 0 Å². The van der Waals surface area contributed by atoms with Crippen molar-refractivity contribution in [1.29, 1.82) is 0 Å². The number of carboxylic acid groups (broad SMARTS) is 1. The van der Waals surface area contributed by atoms with Gasteiger partial charge in [0.15, 0.2) is 0 Å². The van der Waals surface area contributed by atoms with Crippen LogP contribution < -0.4 is 5.32 Å². The summed E-state index contributed by atoms with van der Waals surface area (Å²) in [7, 11) is 0. The Hall–Kier alpha value is -0.610. The maximum absolute atomic E-state index is 10.7. The molecule has 2 heterocycles. The first kappa shape index (κ1) is 8.97. The quantitative estimate of drug-likeness (QED) is 0.646. The Morgan fingerprint density at radius 1 is 1.38 bits per heavy atom. The third-order valence-corrected chi connectivity index (χ3v) is 3.01. The van der Waals surface area contributed by atoms with E-state index in [-0.39, 0.29) is 6.04 Å². The van der Waals surface area contributed by atoms with Crippen molar-refractivity contribution in [2.24, 2.45) is 5.92 Å². The number of aliphatic carboxylic acids is 1. The normalized spacial score (nSPS) is 39.5. The Morgan fingerprint density at radius 3 is 2.77 bits per heavy atom. The highest BCUT2D eigenvalue weighted by atomic mass is 16.5. The maximum atomic E-state index is 10.7. The van der Waals surface area contributed by atoms with Gasteiger partial charge in [0.2, 0.25) is 0 Å². The Labute approximate surface area is 77.3 Å². The van der Waals surface area contributed by atoms with Gasteiger partial charge in [-0.3, -0.25) is 4.79 Å². The molecule has 3 atom stereocenters. The van der Waals surface area contributed by atoms with Crippen molar-refractivity contribution in [3.05, 3.63) is 0 Å². The fourth-order valence-corrected chi connectivity index (χ4v) is 2.21. The van der Waals surface area contributed by atoms with E-state index in [4.69, 9.17) is 9.84 Å². The second-order valence-electron chi connectivity index (χ2n) is 3.87. The SMILES string of the molecule is O=C(O)C1CCC(C2CCOC2)N1. The van der Waals surface area contributed by atoms with E-state index in [9.17, 15) is 4.79 Å². The summed E-state index contributed by atoms with van der Waals surface area (Å²) in [5.74, 6) is -0.189. The summed E-state index contributed by atoms with van der Waals surface area (Å²) in [6, 6.07) is 0.0363. The molecule has 2 fully saturated rings. The van der Waals surface area contributed by atoms with E-state index >= 15 is 0 Å². The minimum absolute atomic E-state index is 0.328. The minimum Gasteiger partial charge on any atom is -0.480 e. The molecule has 2 aliphatic rings.